The van der Waals surface area contributed by atoms with E-state index in [0.29, 0.717) is 23.9 Å². The van der Waals surface area contributed by atoms with E-state index in [-0.39, 0.29) is 4.21 Å². The second-order valence-electron chi connectivity index (χ2n) is 5.86. The molecule has 0 amide bonds. The molecule has 0 spiro atoms. The smallest absolute Gasteiger partial charge is 0.324 e. The van der Waals surface area contributed by atoms with E-state index in [9.17, 15) is 13.2 Å². The van der Waals surface area contributed by atoms with Crippen molar-refractivity contribution in [3.8, 4) is 0 Å². The van der Waals surface area contributed by atoms with Gasteiger partial charge in [0.1, 0.15) is 15.9 Å². The van der Waals surface area contributed by atoms with Crippen LogP contribution >= 0.6 is 27.3 Å². The number of nitrogens with zero attached hydrogens (tertiary/aromatic N) is 1. The SMILES string of the molecule is CC(C)(C)OC(=O)[C@H]1CCCN1S(=O)(=O)c1sccc1Br. The van der Waals surface area contributed by atoms with Crippen molar-refractivity contribution in [2.45, 2.75) is 49.5 Å². The molecule has 8 heteroatoms. The number of esters is 1. The summed E-state index contributed by atoms with van der Waals surface area (Å²) in [5, 5.41) is 1.70. The van der Waals surface area contributed by atoms with Crippen LogP contribution in [-0.2, 0) is 19.6 Å². The Labute approximate surface area is 137 Å². The molecule has 1 aromatic heterocycles. The fourth-order valence-electron chi connectivity index (χ4n) is 2.20. The molecular formula is C13H18BrNO4S2. The molecule has 0 saturated carbocycles. The van der Waals surface area contributed by atoms with Gasteiger partial charge >= 0.3 is 5.97 Å². The van der Waals surface area contributed by atoms with Crippen molar-refractivity contribution < 1.29 is 17.9 Å². The zero-order chi connectivity index (χ0) is 15.8. The Morgan fingerprint density at radius 1 is 1.48 bits per heavy atom. The van der Waals surface area contributed by atoms with Crippen LogP contribution in [0, 0.1) is 0 Å². The van der Waals surface area contributed by atoms with Crippen molar-refractivity contribution in [2.75, 3.05) is 6.54 Å². The van der Waals surface area contributed by atoms with Gasteiger partial charge in [-0.05, 0) is 61.0 Å². The Morgan fingerprint density at radius 3 is 2.67 bits per heavy atom. The first kappa shape index (κ1) is 16.9. The summed E-state index contributed by atoms with van der Waals surface area (Å²) in [6.45, 7) is 5.66. The van der Waals surface area contributed by atoms with E-state index in [0.717, 1.165) is 11.3 Å². The maximum atomic E-state index is 12.7. The van der Waals surface area contributed by atoms with Gasteiger partial charge in [-0.25, -0.2) is 8.42 Å². The van der Waals surface area contributed by atoms with E-state index in [1.54, 1.807) is 32.2 Å². The average molecular weight is 396 g/mol. The van der Waals surface area contributed by atoms with Crippen molar-refractivity contribution in [1.82, 2.24) is 4.31 Å². The van der Waals surface area contributed by atoms with Crippen molar-refractivity contribution in [3.63, 3.8) is 0 Å². The standard InChI is InChI=1S/C13H18BrNO4S2/c1-13(2,3)19-11(16)10-5-4-7-15(10)21(17,18)12-9(14)6-8-20-12/h6,8,10H,4-5,7H2,1-3H3/t10-/m1/s1. The summed E-state index contributed by atoms with van der Waals surface area (Å²) in [4.78, 5) is 12.2. The Kier molecular flexibility index (Phi) is 4.82. The molecule has 0 N–H and O–H groups in total. The fourth-order valence-corrected chi connectivity index (χ4v) is 6.28. The second-order valence-corrected chi connectivity index (χ2v) is 9.72. The Hall–Kier alpha value is -0.440. The first-order valence-corrected chi connectivity index (χ1v) is 9.72. The van der Waals surface area contributed by atoms with Gasteiger partial charge in [0.05, 0.1) is 0 Å². The van der Waals surface area contributed by atoms with Gasteiger partial charge in [-0.2, -0.15) is 4.31 Å². The number of thiophene rings is 1. The third-order valence-electron chi connectivity index (χ3n) is 3.01. The summed E-state index contributed by atoms with van der Waals surface area (Å²) in [6, 6.07) is 0.957. The predicted octanol–water partition coefficient (Wildman–Crippen LogP) is 3.01. The molecule has 21 heavy (non-hydrogen) atoms. The van der Waals surface area contributed by atoms with Crippen molar-refractivity contribution >= 4 is 43.3 Å². The molecule has 0 bridgehead atoms. The predicted molar refractivity (Wildman–Crippen MR) is 84.8 cm³/mol. The van der Waals surface area contributed by atoms with Gasteiger partial charge in [0.15, 0.2) is 0 Å². The van der Waals surface area contributed by atoms with Crippen LogP contribution in [0.5, 0.6) is 0 Å². The van der Waals surface area contributed by atoms with Gasteiger partial charge in [-0.15, -0.1) is 11.3 Å². The molecule has 1 fully saturated rings. The molecule has 2 rings (SSSR count). The number of rotatable bonds is 3. The van der Waals surface area contributed by atoms with Gasteiger partial charge in [0.25, 0.3) is 10.0 Å². The Morgan fingerprint density at radius 2 is 2.14 bits per heavy atom. The lowest BCUT2D eigenvalue weighted by molar-refractivity contribution is -0.158. The van der Waals surface area contributed by atoms with Crippen LogP contribution in [0.2, 0.25) is 0 Å². The fraction of sp³-hybridized carbons (Fsp3) is 0.615. The van der Waals surface area contributed by atoms with Gasteiger partial charge in [-0.3, -0.25) is 4.79 Å². The molecule has 0 unspecified atom stereocenters. The third-order valence-corrected chi connectivity index (χ3v) is 7.57. The number of ether oxygens (including phenoxy) is 1. The Balaban J connectivity index is 2.27. The number of sulfonamides is 1. The second kappa shape index (κ2) is 5.98. The quantitative estimate of drug-likeness (QED) is 0.737. The van der Waals surface area contributed by atoms with Crippen LogP contribution in [0.3, 0.4) is 0 Å². The van der Waals surface area contributed by atoms with Gasteiger partial charge in [-0.1, -0.05) is 0 Å². The first-order valence-electron chi connectivity index (χ1n) is 6.60. The van der Waals surface area contributed by atoms with E-state index in [1.165, 1.54) is 4.31 Å². The maximum Gasteiger partial charge on any atom is 0.324 e. The number of carbonyl (C=O) groups is 1. The molecule has 1 atom stereocenters. The third kappa shape index (κ3) is 3.67. The van der Waals surface area contributed by atoms with Crippen molar-refractivity contribution in [2.24, 2.45) is 0 Å². The van der Waals surface area contributed by atoms with Crippen LogP contribution in [-0.4, -0.2) is 36.9 Å². The normalized spacial score (nSPS) is 20.7. The number of hydrogen-bond donors (Lipinski definition) is 0. The molecule has 1 aliphatic rings. The maximum absolute atomic E-state index is 12.7. The number of carbonyl (C=O) groups excluding carboxylic acids is 1. The minimum atomic E-state index is -3.67. The summed E-state index contributed by atoms with van der Waals surface area (Å²) in [6.07, 6.45) is 1.16. The van der Waals surface area contributed by atoms with Crippen LogP contribution in [0.1, 0.15) is 33.6 Å². The lowest BCUT2D eigenvalue weighted by atomic mass is 10.2. The summed E-state index contributed by atoms with van der Waals surface area (Å²) in [7, 11) is -3.67. The van der Waals surface area contributed by atoms with E-state index in [2.05, 4.69) is 15.9 Å². The van der Waals surface area contributed by atoms with Crippen molar-refractivity contribution in [1.29, 1.82) is 0 Å². The molecule has 5 nitrogen and oxygen atoms in total. The average Bonchev–Trinajstić information content (AvgIpc) is 2.94. The van der Waals surface area contributed by atoms with Gasteiger partial charge in [0, 0.05) is 11.0 Å². The number of hydrogen-bond acceptors (Lipinski definition) is 5. The monoisotopic (exact) mass is 395 g/mol. The molecule has 0 aromatic carbocycles. The molecule has 0 aliphatic carbocycles. The van der Waals surface area contributed by atoms with Crippen LogP contribution < -0.4 is 0 Å². The van der Waals surface area contributed by atoms with E-state index in [1.807, 2.05) is 0 Å². The van der Waals surface area contributed by atoms with Crippen LogP contribution in [0.25, 0.3) is 0 Å². The zero-order valence-corrected chi connectivity index (χ0v) is 15.3. The van der Waals surface area contributed by atoms with Crippen LogP contribution in [0.4, 0.5) is 0 Å². The topological polar surface area (TPSA) is 63.7 Å². The molecule has 1 aliphatic heterocycles. The van der Waals surface area contributed by atoms with Gasteiger partial charge < -0.3 is 4.74 Å². The highest BCUT2D eigenvalue weighted by atomic mass is 79.9. The summed E-state index contributed by atoms with van der Waals surface area (Å²) >= 11 is 4.38. The van der Waals surface area contributed by atoms with Gasteiger partial charge in [0.2, 0.25) is 0 Å². The highest BCUT2D eigenvalue weighted by molar-refractivity contribution is 9.10. The summed E-state index contributed by atoms with van der Waals surface area (Å²) in [5.41, 5.74) is -0.626. The molecule has 2 heterocycles. The van der Waals surface area contributed by atoms with E-state index < -0.39 is 27.6 Å². The van der Waals surface area contributed by atoms with Crippen LogP contribution in [0.15, 0.2) is 20.1 Å². The number of halogens is 1. The highest BCUT2D eigenvalue weighted by Gasteiger charge is 2.42. The lowest BCUT2D eigenvalue weighted by Crippen LogP contribution is -2.43. The lowest BCUT2D eigenvalue weighted by Gasteiger charge is -2.26. The summed E-state index contributed by atoms with van der Waals surface area (Å²) < 4.78 is 32.8. The van der Waals surface area contributed by atoms with E-state index >= 15 is 0 Å². The molecular weight excluding hydrogens is 378 g/mol. The molecule has 1 aromatic rings. The molecule has 118 valence electrons. The zero-order valence-electron chi connectivity index (χ0n) is 12.1. The summed E-state index contributed by atoms with van der Waals surface area (Å²) in [5.74, 6) is -0.476. The van der Waals surface area contributed by atoms with Crippen molar-refractivity contribution in [3.05, 3.63) is 15.9 Å². The minimum Gasteiger partial charge on any atom is -0.459 e. The molecule has 0 radical (unpaired) electrons. The first-order chi connectivity index (χ1) is 9.63. The van der Waals surface area contributed by atoms with E-state index in [4.69, 9.17) is 4.74 Å². The molecule has 1 saturated heterocycles. The Bertz CT molecular complexity index is 633. The largest absolute Gasteiger partial charge is 0.459 e. The highest BCUT2D eigenvalue weighted by Crippen LogP contribution is 2.34. The minimum absolute atomic E-state index is 0.234.